The summed E-state index contributed by atoms with van der Waals surface area (Å²) in [6.07, 6.45) is 31.5. The van der Waals surface area contributed by atoms with E-state index in [2.05, 4.69) is 74.1 Å². The summed E-state index contributed by atoms with van der Waals surface area (Å²) < 4.78 is 10.4. The van der Waals surface area contributed by atoms with E-state index in [1.165, 1.54) is 0 Å². The van der Waals surface area contributed by atoms with Gasteiger partial charge in [0.25, 0.3) is 0 Å². The summed E-state index contributed by atoms with van der Waals surface area (Å²) >= 11 is 0. The van der Waals surface area contributed by atoms with Crippen LogP contribution in [-0.4, -0.2) is 64.1 Å². The van der Waals surface area contributed by atoms with Crippen LogP contribution in [0.2, 0.25) is 0 Å². The second-order valence-corrected chi connectivity index (χ2v) is 11.5. The first-order chi connectivity index (χ1) is 27.7. The van der Waals surface area contributed by atoms with Gasteiger partial charge in [-0.3, -0.25) is 49.8 Å². The molecule has 0 atom stereocenters. The number of hydrogen-bond acceptors (Lipinski definition) is 12. The van der Waals surface area contributed by atoms with Crippen LogP contribution in [0.5, 0.6) is 11.5 Å². The number of hydrogen-bond donors (Lipinski definition) is 0. The van der Waals surface area contributed by atoms with E-state index >= 15 is 0 Å². The molecule has 8 aromatic rings. The van der Waals surface area contributed by atoms with E-state index in [4.69, 9.17) is 9.47 Å². The third-order valence-corrected chi connectivity index (χ3v) is 7.78. The Morgan fingerprint density at radius 1 is 0.333 bits per heavy atom. The van der Waals surface area contributed by atoms with Crippen molar-refractivity contribution in [1.82, 2.24) is 49.8 Å². The molecular weight excluding hydrogens is 802 g/mol. The Morgan fingerprint density at radius 2 is 0.632 bits per heavy atom. The number of aromatic nitrogens is 10. The van der Waals surface area contributed by atoms with Gasteiger partial charge in [0.2, 0.25) is 0 Å². The smallest absolute Gasteiger partial charge is 0.118 e. The second-order valence-electron chi connectivity index (χ2n) is 11.5. The topological polar surface area (TPSA) is 147 Å². The Balaban J connectivity index is 0.000000201. The molecule has 12 nitrogen and oxygen atoms in total. The molecule has 0 bridgehead atoms. The minimum atomic E-state index is 0. The van der Waals surface area contributed by atoms with Crippen LogP contribution < -0.4 is 9.47 Å². The summed E-state index contributed by atoms with van der Waals surface area (Å²) in [5, 5.41) is 0. The maximum Gasteiger partial charge on any atom is 0.118 e. The minimum absolute atomic E-state index is 0. The molecule has 0 radical (unpaired) electrons. The third-order valence-electron chi connectivity index (χ3n) is 7.78. The van der Waals surface area contributed by atoms with E-state index in [1.54, 1.807) is 88.6 Å². The zero-order valence-electron chi connectivity index (χ0n) is 31.0. The standard InChI is InChI=1S/C28H24N2O2.2C8H6N4.Ru/c1-31-25-11-7-21(8-12-25)3-5-23-15-17-29-27(19-23)28-20-24(16-18-30-28)6-4-22-9-13-26(32-2)14-10-22;2*1-3-11-7(5-9-1)8-6-10-2-4-12-8;/h3-20H,1-2H3;2*1-6H;/b5-3+,6-4+;;;. The van der Waals surface area contributed by atoms with Crippen molar-refractivity contribution in [2.75, 3.05) is 14.2 Å². The molecular formula is C44H36N10O2Ru. The van der Waals surface area contributed by atoms with Crippen LogP contribution in [-0.2, 0) is 19.5 Å². The molecule has 57 heavy (non-hydrogen) atoms. The first-order valence-corrected chi connectivity index (χ1v) is 17.3. The largest absolute Gasteiger partial charge is 0.497 e. The maximum atomic E-state index is 5.21. The van der Waals surface area contributed by atoms with E-state index in [1.807, 2.05) is 85.2 Å². The van der Waals surface area contributed by atoms with E-state index < -0.39 is 0 Å². The van der Waals surface area contributed by atoms with Gasteiger partial charge in [0.15, 0.2) is 0 Å². The number of ether oxygens (including phenoxy) is 2. The van der Waals surface area contributed by atoms with Crippen LogP contribution in [0.3, 0.4) is 0 Å². The van der Waals surface area contributed by atoms with Crippen LogP contribution >= 0.6 is 0 Å². The summed E-state index contributed by atoms with van der Waals surface area (Å²) in [5.74, 6) is 1.70. The number of methoxy groups -OCH3 is 2. The van der Waals surface area contributed by atoms with Crippen LogP contribution in [0.15, 0.2) is 160 Å². The molecule has 0 aliphatic rings. The predicted octanol–water partition coefficient (Wildman–Crippen LogP) is 8.37. The fraction of sp³-hybridized carbons (Fsp3) is 0.0455. The van der Waals surface area contributed by atoms with Gasteiger partial charge in [-0.2, -0.15) is 0 Å². The van der Waals surface area contributed by atoms with Crippen molar-refractivity contribution < 1.29 is 29.0 Å². The van der Waals surface area contributed by atoms with E-state index in [-0.39, 0.29) is 19.5 Å². The number of rotatable bonds is 9. The van der Waals surface area contributed by atoms with Crippen molar-refractivity contribution in [2.45, 2.75) is 0 Å². The SMILES string of the molecule is COc1ccc(/C=C/c2ccnc(-c3cc(/C=C/c4ccc(OC)cc4)ccn3)c2)cc1.[Ru].c1cnc(-c2cnccn2)cn1.c1cnc(-c2cnccn2)cn1. The van der Waals surface area contributed by atoms with Crippen molar-refractivity contribution >= 4 is 24.3 Å². The third kappa shape index (κ3) is 12.9. The van der Waals surface area contributed by atoms with Gasteiger partial charge >= 0.3 is 0 Å². The first-order valence-electron chi connectivity index (χ1n) is 17.3. The van der Waals surface area contributed by atoms with Gasteiger partial charge in [0, 0.05) is 81.4 Å². The molecule has 282 valence electrons. The number of pyridine rings is 2. The van der Waals surface area contributed by atoms with E-state index in [9.17, 15) is 0 Å². The average Bonchev–Trinajstić information content (AvgIpc) is 3.30. The van der Waals surface area contributed by atoms with Gasteiger partial charge in [-0.25, -0.2) is 0 Å². The van der Waals surface area contributed by atoms with Crippen LogP contribution in [0.4, 0.5) is 0 Å². The minimum Gasteiger partial charge on any atom is -0.497 e. The molecule has 0 fully saturated rings. The maximum absolute atomic E-state index is 5.21. The zero-order valence-corrected chi connectivity index (χ0v) is 32.7. The Bertz CT molecular complexity index is 2180. The zero-order chi connectivity index (χ0) is 38.6. The molecule has 8 rings (SSSR count). The van der Waals surface area contributed by atoms with Gasteiger partial charge in [0.1, 0.15) is 34.3 Å². The predicted molar refractivity (Wildman–Crippen MR) is 217 cm³/mol. The van der Waals surface area contributed by atoms with Crippen molar-refractivity contribution in [2.24, 2.45) is 0 Å². The molecule has 0 amide bonds. The van der Waals surface area contributed by atoms with Crippen molar-refractivity contribution in [3.05, 3.63) is 182 Å². The van der Waals surface area contributed by atoms with Crippen LogP contribution in [0, 0.1) is 0 Å². The van der Waals surface area contributed by atoms with Gasteiger partial charge < -0.3 is 9.47 Å². The molecule has 0 N–H and O–H groups in total. The monoisotopic (exact) mass is 838 g/mol. The molecule has 0 aliphatic carbocycles. The van der Waals surface area contributed by atoms with Crippen LogP contribution in [0.1, 0.15) is 22.3 Å². The first kappa shape index (κ1) is 40.9. The molecule has 13 heteroatoms. The Morgan fingerprint density at radius 3 is 0.912 bits per heavy atom. The normalized spacial score (nSPS) is 10.4. The quantitative estimate of drug-likeness (QED) is 0.129. The summed E-state index contributed by atoms with van der Waals surface area (Å²) in [4.78, 5) is 41.1. The fourth-order valence-electron chi connectivity index (χ4n) is 4.92. The molecule has 0 aliphatic heterocycles. The summed E-state index contributed by atoms with van der Waals surface area (Å²) in [6.45, 7) is 0. The second kappa shape index (κ2) is 22.2. The molecule has 0 saturated heterocycles. The van der Waals surface area contributed by atoms with E-state index in [0.29, 0.717) is 0 Å². The van der Waals surface area contributed by atoms with Gasteiger partial charge in [-0.05, 0) is 70.8 Å². The molecule has 6 heterocycles. The number of nitrogens with zero attached hydrogens (tertiary/aromatic N) is 10. The van der Waals surface area contributed by atoms with Crippen molar-refractivity contribution in [1.29, 1.82) is 0 Å². The average molecular weight is 838 g/mol. The van der Waals surface area contributed by atoms with Gasteiger partial charge in [-0.1, -0.05) is 48.6 Å². The van der Waals surface area contributed by atoms with Gasteiger partial charge in [-0.15, -0.1) is 0 Å². The summed E-state index contributed by atoms with van der Waals surface area (Å²) in [7, 11) is 3.34. The molecule has 0 saturated carbocycles. The molecule has 2 aromatic carbocycles. The molecule has 0 spiro atoms. The van der Waals surface area contributed by atoms with Crippen LogP contribution in [0.25, 0.3) is 58.5 Å². The fourth-order valence-corrected chi connectivity index (χ4v) is 4.92. The van der Waals surface area contributed by atoms with Crippen molar-refractivity contribution in [3.8, 4) is 45.7 Å². The van der Waals surface area contributed by atoms with Gasteiger partial charge in [0.05, 0.1) is 50.4 Å². The number of benzene rings is 2. The summed E-state index contributed by atoms with van der Waals surface area (Å²) in [5.41, 5.74) is 8.97. The Kier molecular flexibility index (Phi) is 16.0. The Hall–Kier alpha value is -7.24. The van der Waals surface area contributed by atoms with Crippen molar-refractivity contribution in [3.63, 3.8) is 0 Å². The molecule has 6 aromatic heterocycles. The molecule has 0 unspecified atom stereocenters. The van der Waals surface area contributed by atoms with E-state index in [0.717, 1.165) is 67.9 Å². The Labute approximate surface area is 343 Å². The summed E-state index contributed by atoms with van der Waals surface area (Å²) in [6, 6.07) is 24.0.